The lowest BCUT2D eigenvalue weighted by Crippen LogP contribution is -2.50. The van der Waals surface area contributed by atoms with Crippen LogP contribution in [0.15, 0.2) is 25.3 Å². The number of nitrogens with one attached hydrogen (secondary N) is 1. The van der Waals surface area contributed by atoms with Gasteiger partial charge in [0, 0.05) is 26.1 Å². The van der Waals surface area contributed by atoms with Gasteiger partial charge in [0.05, 0.1) is 24.5 Å². The largest absolute Gasteiger partial charge is 0.464 e. The number of carbonyl (C=O) groups is 3. The van der Waals surface area contributed by atoms with Crippen LogP contribution in [0.5, 0.6) is 0 Å². The Morgan fingerprint density at radius 3 is 2.45 bits per heavy atom. The van der Waals surface area contributed by atoms with E-state index >= 15 is 0 Å². The molecule has 0 aromatic rings. The maximum atomic E-state index is 13.4. The monoisotopic (exact) mass is 464 g/mol. The van der Waals surface area contributed by atoms with Gasteiger partial charge >= 0.3 is 5.97 Å². The molecule has 0 unspecified atom stereocenters. The lowest BCUT2D eigenvalue weighted by atomic mass is 9.93. The average molecular weight is 465 g/mol. The topological polar surface area (TPSA) is 94.2 Å². The van der Waals surface area contributed by atoms with E-state index in [9.17, 15) is 14.4 Å². The SMILES string of the molecule is C=CCCCCN(C)C(=O)[C@@H]1C[C@H](OCOCC)C[C@H]1C(=O)N[C@]1(C(=O)OCC)C[C@H]1C=C. The van der Waals surface area contributed by atoms with Gasteiger partial charge < -0.3 is 24.4 Å². The summed E-state index contributed by atoms with van der Waals surface area (Å²) in [5.74, 6) is -2.11. The van der Waals surface area contributed by atoms with Crippen LogP contribution in [0.3, 0.4) is 0 Å². The molecule has 0 bridgehead atoms. The van der Waals surface area contributed by atoms with Crippen molar-refractivity contribution >= 4 is 17.8 Å². The minimum absolute atomic E-state index is 0.0717. The molecule has 0 aliphatic heterocycles. The Balaban J connectivity index is 2.11. The number of esters is 1. The lowest BCUT2D eigenvalue weighted by molar-refractivity contribution is -0.150. The summed E-state index contributed by atoms with van der Waals surface area (Å²) in [6, 6.07) is 0. The standard InChI is InChI=1S/C25H40N2O6/c1-6-10-11-12-13-27(5)23(29)21-15-19(33-17-31-8-3)14-20(21)22(28)26-25(16-18(25)7-2)24(30)32-9-4/h6-7,18-21H,1-2,8-17H2,3-5H3,(H,26,28)/t18-,19-,20-,21-,25-/m1/s1. The highest BCUT2D eigenvalue weighted by molar-refractivity contribution is 5.94. The molecule has 0 saturated heterocycles. The van der Waals surface area contributed by atoms with Crippen LogP contribution in [0.25, 0.3) is 0 Å². The van der Waals surface area contributed by atoms with Gasteiger partial charge in [-0.25, -0.2) is 4.79 Å². The van der Waals surface area contributed by atoms with E-state index in [1.807, 2.05) is 13.0 Å². The van der Waals surface area contributed by atoms with Crippen LogP contribution in [0, 0.1) is 17.8 Å². The van der Waals surface area contributed by atoms with Gasteiger partial charge in [0.25, 0.3) is 0 Å². The van der Waals surface area contributed by atoms with Crippen molar-refractivity contribution in [3.63, 3.8) is 0 Å². The summed E-state index contributed by atoms with van der Waals surface area (Å²) in [5.41, 5.74) is -1.08. The minimum Gasteiger partial charge on any atom is -0.464 e. The van der Waals surface area contributed by atoms with Crippen molar-refractivity contribution in [1.29, 1.82) is 0 Å². The fourth-order valence-corrected chi connectivity index (χ4v) is 4.52. The molecule has 8 nitrogen and oxygen atoms in total. The van der Waals surface area contributed by atoms with E-state index in [4.69, 9.17) is 14.2 Å². The van der Waals surface area contributed by atoms with E-state index in [1.165, 1.54) is 0 Å². The normalized spacial score (nSPS) is 28.1. The summed E-state index contributed by atoms with van der Waals surface area (Å²) >= 11 is 0. The number of unbranched alkanes of at least 4 members (excludes halogenated alkanes) is 2. The molecule has 2 fully saturated rings. The van der Waals surface area contributed by atoms with E-state index in [1.54, 1.807) is 24.9 Å². The van der Waals surface area contributed by atoms with Crippen LogP contribution >= 0.6 is 0 Å². The van der Waals surface area contributed by atoms with Crippen LogP contribution in [-0.2, 0) is 28.6 Å². The average Bonchev–Trinajstić information content (AvgIpc) is 3.35. The van der Waals surface area contributed by atoms with Gasteiger partial charge in [0.2, 0.25) is 11.8 Å². The number of hydrogen-bond acceptors (Lipinski definition) is 6. The highest BCUT2D eigenvalue weighted by Crippen LogP contribution is 2.46. The van der Waals surface area contributed by atoms with Crippen molar-refractivity contribution in [3.05, 3.63) is 25.3 Å². The van der Waals surface area contributed by atoms with Crippen LogP contribution in [0.4, 0.5) is 0 Å². The molecule has 2 rings (SSSR count). The number of amides is 2. The van der Waals surface area contributed by atoms with E-state index in [0.29, 0.717) is 32.4 Å². The molecule has 2 saturated carbocycles. The second kappa shape index (κ2) is 12.9. The Labute approximate surface area is 197 Å². The molecule has 0 heterocycles. The van der Waals surface area contributed by atoms with Crippen LogP contribution in [-0.4, -0.2) is 67.9 Å². The second-order valence-corrected chi connectivity index (χ2v) is 8.86. The van der Waals surface area contributed by atoms with Crippen molar-refractivity contribution in [2.24, 2.45) is 17.8 Å². The van der Waals surface area contributed by atoms with Crippen LogP contribution in [0.1, 0.15) is 52.4 Å². The van der Waals surface area contributed by atoms with Gasteiger partial charge in [-0.15, -0.1) is 13.2 Å². The van der Waals surface area contributed by atoms with Gasteiger partial charge in [-0.3, -0.25) is 9.59 Å². The molecular weight excluding hydrogens is 424 g/mol. The highest BCUT2D eigenvalue weighted by Gasteiger charge is 2.62. The van der Waals surface area contributed by atoms with Crippen molar-refractivity contribution in [2.75, 3.05) is 33.6 Å². The van der Waals surface area contributed by atoms with Gasteiger partial charge in [-0.2, -0.15) is 0 Å². The summed E-state index contributed by atoms with van der Waals surface area (Å²) in [7, 11) is 1.77. The number of hydrogen-bond donors (Lipinski definition) is 1. The van der Waals surface area contributed by atoms with Crippen molar-refractivity contribution in [1.82, 2.24) is 10.2 Å². The predicted octanol–water partition coefficient (Wildman–Crippen LogP) is 2.83. The number of rotatable bonds is 15. The van der Waals surface area contributed by atoms with Gasteiger partial charge in [-0.05, 0) is 52.4 Å². The first-order valence-electron chi connectivity index (χ1n) is 12.0. The third-order valence-electron chi connectivity index (χ3n) is 6.58. The molecule has 0 spiro atoms. The fourth-order valence-electron chi connectivity index (χ4n) is 4.52. The number of nitrogens with zero attached hydrogens (tertiary/aromatic N) is 1. The molecule has 2 amide bonds. The summed E-state index contributed by atoms with van der Waals surface area (Å²) in [6.07, 6.45) is 7.31. The summed E-state index contributed by atoms with van der Waals surface area (Å²) < 4.78 is 16.3. The van der Waals surface area contributed by atoms with Crippen molar-refractivity contribution in [3.8, 4) is 0 Å². The Hall–Kier alpha value is -2.19. The van der Waals surface area contributed by atoms with Crippen LogP contribution < -0.4 is 5.32 Å². The van der Waals surface area contributed by atoms with Gasteiger partial charge in [0.1, 0.15) is 12.3 Å². The maximum Gasteiger partial charge on any atom is 0.332 e. The van der Waals surface area contributed by atoms with Crippen molar-refractivity contribution < 1.29 is 28.6 Å². The predicted molar refractivity (Wildman–Crippen MR) is 125 cm³/mol. The van der Waals surface area contributed by atoms with Crippen molar-refractivity contribution in [2.45, 2.75) is 64.0 Å². The summed E-state index contributed by atoms with van der Waals surface area (Å²) in [4.78, 5) is 40.9. The summed E-state index contributed by atoms with van der Waals surface area (Å²) in [6.45, 7) is 12.6. The first-order chi connectivity index (χ1) is 15.8. The number of carbonyl (C=O) groups excluding carboxylic acids is 3. The maximum absolute atomic E-state index is 13.4. The van der Waals surface area contributed by atoms with E-state index in [0.717, 1.165) is 19.3 Å². The quantitative estimate of drug-likeness (QED) is 0.173. The summed E-state index contributed by atoms with van der Waals surface area (Å²) in [5, 5.41) is 2.91. The molecule has 5 atom stereocenters. The molecule has 0 radical (unpaired) electrons. The van der Waals surface area contributed by atoms with Gasteiger partial charge in [-0.1, -0.05) is 12.2 Å². The minimum atomic E-state index is -1.08. The molecule has 1 N–H and O–H groups in total. The van der Waals surface area contributed by atoms with E-state index in [-0.39, 0.29) is 37.2 Å². The van der Waals surface area contributed by atoms with Crippen LogP contribution in [0.2, 0.25) is 0 Å². The Bertz CT molecular complexity index is 711. The molecule has 2 aliphatic carbocycles. The van der Waals surface area contributed by atoms with E-state index < -0.39 is 23.3 Å². The number of allylic oxidation sites excluding steroid dienone is 1. The Morgan fingerprint density at radius 1 is 1.12 bits per heavy atom. The first kappa shape index (κ1) is 27.1. The third kappa shape index (κ3) is 6.90. The fraction of sp³-hybridized carbons (Fsp3) is 0.720. The molecule has 8 heteroatoms. The Morgan fingerprint density at radius 2 is 1.85 bits per heavy atom. The third-order valence-corrected chi connectivity index (χ3v) is 6.58. The zero-order chi connectivity index (χ0) is 24.4. The second-order valence-electron chi connectivity index (χ2n) is 8.86. The Kier molecular flexibility index (Phi) is 10.6. The molecule has 0 aromatic heterocycles. The molecule has 186 valence electrons. The number of ether oxygens (including phenoxy) is 3. The molecule has 0 aromatic carbocycles. The van der Waals surface area contributed by atoms with E-state index in [2.05, 4.69) is 18.5 Å². The smallest absolute Gasteiger partial charge is 0.332 e. The molecule has 2 aliphatic rings. The first-order valence-corrected chi connectivity index (χ1v) is 12.0. The highest BCUT2D eigenvalue weighted by atomic mass is 16.7. The zero-order valence-corrected chi connectivity index (χ0v) is 20.3. The lowest BCUT2D eigenvalue weighted by Gasteiger charge is -2.26. The van der Waals surface area contributed by atoms with Gasteiger partial charge in [0.15, 0.2) is 0 Å². The zero-order valence-electron chi connectivity index (χ0n) is 20.3. The molecule has 33 heavy (non-hydrogen) atoms. The molecular formula is C25H40N2O6.